The molecule has 2 N–H and O–H groups in total. The highest BCUT2D eigenvalue weighted by atomic mass is 19.1. The third-order valence-electron chi connectivity index (χ3n) is 5.41. The minimum atomic E-state index is -0.787. The van der Waals surface area contributed by atoms with Crippen LogP contribution in [0.15, 0.2) is 60.9 Å². The van der Waals surface area contributed by atoms with Gasteiger partial charge in [0, 0.05) is 12.1 Å². The van der Waals surface area contributed by atoms with Crippen molar-refractivity contribution < 1.29 is 18.3 Å². The highest BCUT2D eigenvalue weighted by Crippen LogP contribution is 2.31. The van der Waals surface area contributed by atoms with Gasteiger partial charge in [0.1, 0.15) is 17.3 Å². The summed E-state index contributed by atoms with van der Waals surface area (Å²) in [4.78, 5) is 17.2. The number of aromatic nitrogens is 7. The Morgan fingerprint density at radius 3 is 2.67 bits per heavy atom. The van der Waals surface area contributed by atoms with E-state index in [-0.39, 0.29) is 11.3 Å². The molecule has 5 rings (SSSR count). The number of nitrogens with zero attached hydrogens (tertiary/aromatic N) is 6. The van der Waals surface area contributed by atoms with Crippen molar-refractivity contribution in [1.82, 2.24) is 35.4 Å². The van der Waals surface area contributed by atoms with Crippen molar-refractivity contribution in [1.29, 1.82) is 0 Å². The van der Waals surface area contributed by atoms with E-state index < -0.39 is 17.5 Å². The smallest absolute Gasteiger partial charge is 0.259 e. The number of hydrogen-bond acceptors (Lipinski definition) is 7. The van der Waals surface area contributed by atoms with E-state index in [4.69, 9.17) is 4.74 Å². The van der Waals surface area contributed by atoms with Gasteiger partial charge in [0.05, 0.1) is 34.9 Å². The monoisotopic (exact) mass is 488 g/mol. The fourth-order valence-corrected chi connectivity index (χ4v) is 3.56. The summed E-state index contributed by atoms with van der Waals surface area (Å²) in [6.07, 6.45) is 2.79. The number of H-pyrrole nitrogens is 1. The molecule has 0 saturated heterocycles. The molecular formula is C24H18F2N8O2. The lowest BCUT2D eigenvalue weighted by atomic mass is 10.2. The first-order valence-corrected chi connectivity index (χ1v) is 10.7. The molecule has 3 aromatic heterocycles. The van der Waals surface area contributed by atoms with E-state index in [0.717, 1.165) is 12.1 Å². The third kappa shape index (κ3) is 4.39. The zero-order chi connectivity index (χ0) is 25.2. The van der Waals surface area contributed by atoms with Crippen LogP contribution in [0.1, 0.15) is 21.6 Å². The number of rotatable bonds is 6. The van der Waals surface area contributed by atoms with Crippen LogP contribution in [0.2, 0.25) is 0 Å². The van der Waals surface area contributed by atoms with Gasteiger partial charge in [0.2, 0.25) is 11.7 Å². The second kappa shape index (κ2) is 9.33. The minimum absolute atomic E-state index is 0.0356. The Morgan fingerprint density at radius 1 is 1.08 bits per heavy atom. The lowest BCUT2D eigenvalue weighted by molar-refractivity contribution is 0.102. The molecule has 0 aliphatic carbocycles. The summed E-state index contributed by atoms with van der Waals surface area (Å²) in [6, 6.07) is 12.0. The van der Waals surface area contributed by atoms with Crippen molar-refractivity contribution in [2.24, 2.45) is 0 Å². The van der Waals surface area contributed by atoms with Gasteiger partial charge in [-0.25, -0.2) is 18.4 Å². The summed E-state index contributed by atoms with van der Waals surface area (Å²) in [5, 5.41) is 20.8. The van der Waals surface area contributed by atoms with Crippen LogP contribution in [0.4, 0.5) is 14.5 Å². The number of tetrazole rings is 1. The number of carbonyl (C=O) groups excluding carboxylic acids is 1. The largest absolute Gasteiger partial charge is 0.438 e. The van der Waals surface area contributed by atoms with Crippen molar-refractivity contribution >= 4 is 11.6 Å². The molecular weight excluding hydrogens is 470 g/mol. The van der Waals surface area contributed by atoms with Gasteiger partial charge in [-0.2, -0.15) is 10.3 Å². The number of amides is 1. The number of anilines is 1. The van der Waals surface area contributed by atoms with Gasteiger partial charge in [-0.3, -0.25) is 4.79 Å². The molecule has 5 aromatic rings. The second-order valence-electron chi connectivity index (χ2n) is 7.78. The molecule has 0 bridgehead atoms. The normalized spacial score (nSPS) is 10.9. The summed E-state index contributed by atoms with van der Waals surface area (Å²) < 4.78 is 34.6. The lowest BCUT2D eigenvalue weighted by Gasteiger charge is -2.12. The van der Waals surface area contributed by atoms with Crippen molar-refractivity contribution in [3.8, 4) is 28.7 Å². The first kappa shape index (κ1) is 22.8. The Morgan fingerprint density at radius 2 is 1.92 bits per heavy atom. The van der Waals surface area contributed by atoms with Gasteiger partial charge < -0.3 is 10.1 Å². The van der Waals surface area contributed by atoms with E-state index in [2.05, 4.69) is 36.0 Å². The molecule has 2 aromatic carbocycles. The predicted octanol–water partition coefficient (Wildman–Crippen LogP) is 4.39. The quantitative estimate of drug-likeness (QED) is 0.363. The molecule has 0 radical (unpaired) electrons. The number of benzene rings is 2. The Labute approximate surface area is 203 Å². The Balaban J connectivity index is 1.34. The van der Waals surface area contributed by atoms with Gasteiger partial charge in [-0.1, -0.05) is 12.1 Å². The number of carbonyl (C=O) groups is 1. The van der Waals surface area contributed by atoms with Crippen molar-refractivity contribution in [2.45, 2.75) is 13.8 Å². The number of ether oxygens (including phenoxy) is 1. The van der Waals surface area contributed by atoms with Crippen molar-refractivity contribution in [3.05, 3.63) is 89.4 Å². The van der Waals surface area contributed by atoms with Crippen molar-refractivity contribution in [3.63, 3.8) is 0 Å². The van der Waals surface area contributed by atoms with Crippen LogP contribution in [0.25, 0.3) is 17.1 Å². The minimum Gasteiger partial charge on any atom is -0.438 e. The maximum atomic E-state index is 14.2. The predicted molar refractivity (Wildman–Crippen MR) is 125 cm³/mol. The molecule has 0 spiro atoms. The lowest BCUT2D eigenvalue weighted by Crippen LogP contribution is -2.14. The number of aryl methyl sites for hydroxylation is 1. The standard InChI is InChI=1S/C24H18F2N8O2/c1-13-9-22(36-21-6-4-3-5-16(21)23-30-32-33-31-23)27-12-19(13)29-24(35)17-11-28-34(14(17)2)20-8-7-15(25)10-18(20)26/h3-12H,1-2H3,(H,29,35)(H,30,31,32,33). The fourth-order valence-electron chi connectivity index (χ4n) is 3.56. The number of halogens is 2. The third-order valence-corrected chi connectivity index (χ3v) is 5.41. The van der Waals surface area contributed by atoms with Crippen LogP contribution >= 0.6 is 0 Å². The first-order valence-electron chi connectivity index (χ1n) is 10.7. The number of nitrogens with one attached hydrogen (secondary N) is 2. The second-order valence-corrected chi connectivity index (χ2v) is 7.78. The molecule has 0 fully saturated rings. The fraction of sp³-hybridized carbons (Fsp3) is 0.0833. The Hall–Kier alpha value is -5.00. The summed E-state index contributed by atoms with van der Waals surface area (Å²) in [6.45, 7) is 3.41. The summed E-state index contributed by atoms with van der Waals surface area (Å²) in [7, 11) is 0. The number of pyridine rings is 1. The van der Waals surface area contributed by atoms with E-state index in [1.807, 2.05) is 6.07 Å². The van der Waals surface area contributed by atoms with Gasteiger partial charge in [-0.15, -0.1) is 10.2 Å². The van der Waals surface area contributed by atoms with Gasteiger partial charge >= 0.3 is 0 Å². The Bertz CT molecular complexity index is 1570. The highest BCUT2D eigenvalue weighted by molar-refractivity contribution is 6.05. The van der Waals surface area contributed by atoms with Crippen LogP contribution < -0.4 is 10.1 Å². The average Bonchev–Trinajstić information content (AvgIpc) is 3.52. The van der Waals surface area contributed by atoms with Gasteiger partial charge in [0.15, 0.2) is 5.82 Å². The van der Waals surface area contributed by atoms with E-state index in [0.29, 0.717) is 40.0 Å². The Kier molecular flexibility index (Phi) is 5.90. The molecule has 0 aliphatic heterocycles. The maximum absolute atomic E-state index is 14.2. The van der Waals surface area contributed by atoms with Crippen LogP contribution in [-0.2, 0) is 0 Å². The molecule has 0 saturated carbocycles. The SMILES string of the molecule is Cc1cc(Oc2ccccc2-c2nn[nH]n2)ncc1NC(=O)c1cnn(-c2ccc(F)cc2F)c1C. The molecule has 0 atom stereocenters. The molecule has 0 unspecified atom stereocenters. The molecule has 12 heteroatoms. The molecule has 3 heterocycles. The summed E-state index contributed by atoms with van der Waals surface area (Å²) in [5.74, 6) is -0.779. The van der Waals surface area contributed by atoms with E-state index >= 15 is 0 Å². The maximum Gasteiger partial charge on any atom is 0.259 e. The number of hydrogen-bond donors (Lipinski definition) is 2. The molecule has 180 valence electrons. The van der Waals surface area contributed by atoms with Crippen LogP contribution in [0, 0.1) is 25.5 Å². The van der Waals surface area contributed by atoms with Crippen LogP contribution in [0.3, 0.4) is 0 Å². The first-order chi connectivity index (χ1) is 17.4. The van der Waals surface area contributed by atoms with Crippen LogP contribution in [0.5, 0.6) is 11.6 Å². The highest BCUT2D eigenvalue weighted by Gasteiger charge is 2.19. The molecule has 0 aliphatic rings. The van der Waals surface area contributed by atoms with Crippen LogP contribution in [-0.4, -0.2) is 41.3 Å². The molecule has 1 amide bonds. The zero-order valence-corrected chi connectivity index (χ0v) is 19.0. The number of aromatic amines is 1. The van der Waals surface area contributed by atoms with Crippen molar-refractivity contribution in [2.75, 3.05) is 5.32 Å². The van der Waals surface area contributed by atoms with Gasteiger partial charge in [-0.05, 0) is 48.9 Å². The van der Waals surface area contributed by atoms with E-state index in [1.165, 1.54) is 23.1 Å². The van der Waals surface area contributed by atoms with Gasteiger partial charge in [0.25, 0.3) is 5.91 Å². The molecule has 36 heavy (non-hydrogen) atoms. The summed E-state index contributed by atoms with van der Waals surface area (Å²) >= 11 is 0. The van der Waals surface area contributed by atoms with E-state index in [9.17, 15) is 13.6 Å². The summed E-state index contributed by atoms with van der Waals surface area (Å²) in [5.41, 5.74) is 2.44. The zero-order valence-electron chi connectivity index (χ0n) is 19.0. The number of para-hydroxylation sites is 1. The average molecular weight is 488 g/mol. The van der Waals surface area contributed by atoms with E-state index in [1.54, 1.807) is 38.1 Å². The molecule has 10 nitrogen and oxygen atoms in total. The topological polar surface area (TPSA) is 124 Å².